The summed E-state index contributed by atoms with van der Waals surface area (Å²) in [4.78, 5) is 0. The zero-order valence-electron chi connectivity index (χ0n) is 40.8. The molecule has 0 fully saturated rings. The van der Waals surface area contributed by atoms with Gasteiger partial charge in [0.1, 0.15) is 0 Å². The summed E-state index contributed by atoms with van der Waals surface area (Å²) >= 11 is 0. The number of nitrogens with zero attached hydrogens (tertiary/aromatic N) is 6. The normalized spacial score (nSPS) is 11.1. The molecular weight excluding hydrogens is 925 g/mol. The van der Waals surface area contributed by atoms with Crippen molar-refractivity contribution in [3.8, 4) is 103 Å². The molecule has 0 bridgehead atoms. The molecule has 350 valence electrons. The van der Waals surface area contributed by atoms with Crippen LogP contribution in [-0.4, -0.2) is 9.13 Å². The molecule has 0 amide bonds. The van der Waals surface area contributed by atoms with Crippen LogP contribution in [0.4, 0.5) is 0 Å². The number of fused-ring (bicyclic) bond motifs is 4. The van der Waals surface area contributed by atoms with E-state index >= 15 is 0 Å². The smallest absolute Gasteiger partial charge is 0.0991 e. The molecule has 2 heterocycles. The van der Waals surface area contributed by atoms with E-state index in [1.54, 1.807) is 0 Å². The third-order valence-electron chi connectivity index (χ3n) is 14.7. The van der Waals surface area contributed by atoms with Gasteiger partial charge in [0.15, 0.2) is 0 Å². The standard InChI is InChI=1S/C70H40N6/c71-41-45-19-27-51(28-20-45)67-59-15-7-9-17-63(59)75(69(67)53-31-23-47(43-73)24-32-53)55-36-38-58-61(39-55)65(49-11-3-1-4-12-49)57-37-35-56(40-62(57)66(58)50-13-5-2-6-14-50)76-64-18-10-8-16-60(64)68(52-29-21-46(42-72)22-30-52)70(76)54-33-25-48(44-74)26-34-54/h1-40H. The summed E-state index contributed by atoms with van der Waals surface area (Å²) in [5.74, 6) is 0. The number of rotatable bonds is 8. The first-order valence-corrected chi connectivity index (χ1v) is 25.0. The maximum Gasteiger partial charge on any atom is 0.0991 e. The van der Waals surface area contributed by atoms with Crippen molar-refractivity contribution in [1.82, 2.24) is 9.13 Å². The third kappa shape index (κ3) is 7.39. The molecule has 11 aromatic carbocycles. The van der Waals surface area contributed by atoms with Gasteiger partial charge < -0.3 is 9.13 Å². The number of para-hydroxylation sites is 2. The predicted molar refractivity (Wildman–Crippen MR) is 307 cm³/mol. The number of hydrogen-bond donors (Lipinski definition) is 0. The summed E-state index contributed by atoms with van der Waals surface area (Å²) in [5.41, 5.74) is 18.6. The van der Waals surface area contributed by atoms with E-state index in [2.05, 4.69) is 179 Å². The monoisotopic (exact) mass is 964 g/mol. The fourth-order valence-corrected chi connectivity index (χ4v) is 11.3. The Kier molecular flexibility index (Phi) is 11.0. The number of benzene rings is 11. The lowest BCUT2D eigenvalue weighted by Gasteiger charge is -2.21. The third-order valence-corrected chi connectivity index (χ3v) is 14.7. The zero-order valence-corrected chi connectivity index (χ0v) is 40.8. The minimum atomic E-state index is 0.579. The molecule has 0 spiro atoms. The van der Waals surface area contributed by atoms with Crippen LogP contribution in [0.15, 0.2) is 243 Å². The number of aromatic nitrogens is 2. The minimum absolute atomic E-state index is 0.579. The molecule has 13 aromatic rings. The quantitative estimate of drug-likeness (QED) is 0.141. The largest absolute Gasteiger partial charge is 0.309 e. The van der Waals surface area contributed by atoms with E-state index in [1.165, 1.54) is 0 Å². The SMILES string of the molecule is N#Cc1ccc(-c2c(-c3ccc(C#N)cc3)n(-c3ccc4c(-c5ccccc5)c5cc(-n6c(-c7ccc(C#N)cc7)c(-c7ccc(C#N)cc7)c7ccccc76)ccc5c(-c5ccccc5)c4c3)c3ccccc23)cc1. The Hall–Kier alpha value is -11.0. The van der Waals surface area contributed by atoms with E-state index in [0.29, 0.717) is 22.3 Å². The van der Waals surface area contributed by atoms with Gasteiger partial charge in [0.2, 0.25) is 0 Å². The molecular formula is C70H40N6. The Labute approximate surface area is 438 Å². The van der Waals surface area contributed by atoms with Crippen molar-refractivity contribution in [2.75, 3.05) is 0 Å². The highest BCUT2D eigenvalue weighted by molar-refractivity contribution is 6.22. The van der Waals surface area contributed by atoms with Gasteiger partial charge in [-0.05, 0) is 151 Å². The molecule has 0 aliphatic carbocycles. The van der Waals surface area contributed by atoms with Crippen LogP contribution in [0.3, 0.4) is 0 Å². The van der Waals surface area contributed by atoms with Gasteiger partial charge >= 0.3 is 0 Å². The van der Waals surface area contributed by atoms with Crippen LogP contribution in [-0.2, 0) is 0 Å². The van der Waals surface area contributed by atoms with Crippen molar-refractivity contribution in [2.45, 2.75) is 0 Å². The van der Waals surface area contributed by atoms with Crippen molar-refractivity contribution in [3.05, 3.63) is 265 Å². The Morgan fingerprint density at radius 3 is 0.882 bits per heavy atom. The second-order valence-electron chi connectivity index (χ2n) is 18.9. The average molecular weight is 965 g/mol. The van der Waals surface area contributed by atoms with Crippen molar-refractivity contribution in [1.29, 1.82) is 21.0 Å². The average Bonchev–Trinajstić information content (AvgIpc) is 4.04. The molecule has 13 rings (SSSR count). The summed E-state index contributed by atoms with van der Waals surface area (Å²) in [7, 11) is 0. The van der Waals surface area contributed by atoms with Gasteiger partial charge in [0.25, 0.3) is 0 Å². The molecule has 0 aliphatic heterocycles. The van der Waals surface area contributed by atoms with Crippen molar-refractivity contribution >= 4 is 43.4 Å². The Morgan fingerprint density at radius 2 is 0.539 bits per heavy atom. The van der Waals surface area contributed by atoms with Crippen LogP contribution < -0.4 is 0 Å². The van der Waals surface area contributed by atoms with E-state index in [0.717, 1.165) is 122 Å². The summed E-state index contributed by atoms with van der Waals surface area (Å²) in [5, 5.41) is 45.8. The predicted octanol–water partition coefficient (Wildman–Crippen LogP) is 17.4. The molecule has 0 saturated carbocycles. The van der Waals surface area contributed by atoms with Gasteiger partial charge in [-0.1, -0.05) is 158 Å². The molecule has 0 atom stereocenters. The summed E-state index contributed by atoms with van der Waals surface area (Å²) < 4.78 is 4.70. The summed E-state index contributed by atoms with van der Waals surface area (Å²) in [6.07, 6.45) is 0. The fraction of sp³-hybridized carbons (Fsp3) is 0. The molecule has 6 heteroatoms. The molecule has 0 N–H and O–H groups in total. The van der Waals surface area contributed by atoms with E-state index < -0.39 is 0 Å². The topological polar surface area (TPSA) is 105 Å². The van der Waals surface area contributed by atoms with Crippen molar-refractivity contribution < 1.29 is 0 Å². The van der Waals surface area contributed by atoms with Gasteiger partial charge in [0.05, 0.1) is 69.0 Å². The maximum atomic E-state index is 9.88. The molecule has 0 radical (unpaired) electrons. The Bertz CT molecular complexity index is 4310. The number of hydrogen-bond acceptors (Lipinski definition) is 4. The lowest BCUT2D eigenvalue weighted by molar-refractivity contribution is 1.14. The van der Waals surface area contributed by atoms with E-state index in [-0.39, 0.29) is 0 Å². The van der Waals surface area contributed by atoms with Gasteiger partial charge in [-0.15, -0.1) is 0 Å². The molecule has 2 aromatic heterocycles. The maximum absolute atomic E-state index is 9.88. The van der Waals surface area contributed by atoms with E-state index in [4.69, 9.17) is 0 Å². The van der Waals surface area contributed by atoms with E-state index in [9.17, 15) is 21.0 Å². The highest BCUT2D eigenvalue weighted by Crippen LogP contribution is 2.49. The molecule has 0 aliphatic rings. The van der Waals surface area contributed by atoms with Crippen LogP contribution >= 0.6 is 0 Å². The lowest BCUT2D eigenvalue weighted by atomic mass is 9.85. The van der Waals surface area contributed by atoms with Crippen LogP contribution in [0.1, 0.15) is 22.3 Å². The molecule has 76 heavy (non-hydrogen) atoms. The van der Waals surface area contributed by atoms with Crippen LogP contribution in [0, 0.1) is 45.3 Å². The van der Waals surface area contributed by atoms with Crippen LogP contribution in [0.25, 0.3) is 122 Å². The first-order valence-electron chi connectivity index (χ1n) is 25.0. The van der Waals surface area contributed by atoms with Crippen LogP contribution in [0.2, 0.25) is 0 Å². The van der Waals surface area contributed by atoms with Crippen molar-refractivity contribution in [2.24, 2.45) is 0 Å². The van der Waals surface area contributed by atoms with Crippen LogP contribution in [0.5, 0.6) is 0 Å². The lowest BCUT2D eigenvalue weighted by Crippen LogP contribution is -2.00. The molecule has 0 saturated heterocycles. The second-order valence-corrected chi connectivity index (χ2v) is 18.9. The molecule has 0 unspecified atom stereocenters. The fourth-order valence-electron chi connectivity index (χ4n) is 11.3. The van der Waals surface area contributed by atoms with E-state index in [1.807, 2.05) is 97.1 Å². The van der Waals surface area contributed by atoms with Gasteiger partial charge in [0, 0.05) is 33.3 Å². The summed E-state index contributed by atoms with van der Waals surface area (Å²) in [6, 6.07) is 92.3. The Morgan fingerprint density at radius 1 is 0.237 bits per heavy atom. The zero-order chi connectivity index (χ0) is 51.3. The van der Waals surface area contributed by atoms with Gasteiger partial charge in [-0.2, -0.15) is 21.0 Å². The van der Waals surface area contributed by atoms with Gasteiger partial charge in [-0.3, -0.25) is 0 Å². The first kappa shape index (κ1) is 44.9. The number of nitriles is 4. The second kappa shape index (κ2) is 18.5. The Balaban J connectivity index is 1.13. The minimum Gasteiger partial charge on any atom is -0.309 e. The van der Waals surface area contributed by atoms with Gasteiger partial charge in [-0.25, -0.2) is 0 Å². The molecule has 6 nitrogen and oxygen atoms in total. The first-order chi connectivity index (χ1) is 37.5. The summed E-state index contributed by atoms with van der Waals surface area (Å²) in [6.45, 7) is 0. The van der Waals surface area contributed by atoms with Crippen molar-refractivity contribution in [3.63, 3.8) is 0 Å². The highest BCUT2D eigenvalue weighted by atomic mass is 15.0. The highest BCUT2D eigenvalue weighted by Gasteiger charge is 2.26.